The lowest BCUT2D eigenvalue weighted by atomic mass is 9.87. The van der Waals surface area contributed by atoms with Crippen molar-refractivity contribution >= 4 is 5.71 Å². The van der Waals surface area contributed by atoms with Crippen LogP contribution >= 0.6 is 0 Å². The van der Waals surface area contributed by atoms with Crippen molar-refractivity contribution in [1.29, 1.82) is 5.26 Å². The average molecular weight is 259 g/mol. The summed E-state index contributed by atoms with van der Waals surface area (Å²) < 4.78 is 36.6. The van der Waals surface area contributed by atoms with Crippen LogP contribution in [0, 0.1) is 17.2 Å². The zero-order chi connectivity index (χ0) is 13.8. The Morgan fingerprint density at radius 2 is 2.11 bits per heavy atom. The van der Waals surface area contributed by atoms with Crippen molar-refractivity contribution in [2.45, 2.75) is 44.8 Å². The molecule has 2 unspecified atom stereocenters. The minimum atomic E-state index is -4.52. The van der Waals surface area contributed by atoms with Crippen LogP contribution in [0.25, 0.3) is 0 Å². The van der Waals surface area contributed by atoms with Crippen LogP contribution in [0.3, 0.4) is 0 Å². The molecule has 0 aromatic heterocycles. The van der Waals surface area contributed by atoms with Crippen LogP contribution < -0.4 is 5.73 Å². The second kappa shape index (κ2) is 5.89. The Hall–Kier alpha value is -1.51. The van der Waals surface area contributed by atoms with Gasteiger partial charge in [-0.05, 0) is 32.3 Å². The van der Waals surface area contributed by atoms with Gasteiger partial charge in [0.05, 0.1) is 12.1 Å². The molecule has 0 spiro atoms. The molecule has 18 heavy (non-hydrogen) atoms. The lowest BCUT2D eigenvalue weighted by Gasteiger charge is -2.22. The number of alkyl halides is 3. The maximum absolute atomic E-state index is 12.2. The second-order valence-electron chi connectivity index (χ2n) is 4.51. The number of rotatable bonds is 2. The highest BCUT2D eigenvalue weighted by molar-refractivity contribution is 5.93. The number of hydrogen-bond acceptors (Lipinski definition) is 3. The maximum Gasteiger partial charge on any atom is 0.430 e. The van der Waals surface area contributed by atoms with E-state index in [-0.39, 0.29) is 17.7 Å². The van der Waals surface area contributed by atoms with E-state index in [0.29, 0.717) is 6.42 Å². The van der Waals surface area contributed by atoms with Crippen molar-refractivity contribution in [3.8, 4) is 6.07 Å². The van der Waals surface area contributed by atoms with Gasteiger partial charge in [-0.25, -0.2) is 0 Å². The van der Waals surface area contributed by atoms with Crippen LogP contribution in [0.4, 0.5) is 13.2 Å². The van der Waals surface area contributed by atoms with Gasteiger partial charge in [-0.1, -0.05) is 6.42 Å². The highest BCUT2D eigenvalue weighted by Crippen LogP contribution is 2.26. The third-order valence-electron chi connectivity index (χ3n) is 2.91. The van der Waals surface area contributed by atoms with Crippen molar-refractivity contribution < 1.29 is 13.2 Å². The van der Waals surface area contributed by atoms with Crippen molar-refractivity contribution in [3.05, 3.63) is 11.8 Å². The third-order valence-corrected chi connectivity index (χ3v) is 2.91. The highest BCUT2D eigenvalue weighted by atomic mass is 19.4. The first-order valence-electron chi connectivity index (χ1n) is 5.81. The SMILES string of the molecule is CC(C=C(N)C(F)(F)F)=NC1CCCC(C#N)C1. The molecule has 0 aromatic rings. The van der Waals surface area contributed by atoms with Gasteiger partial charge in [-0.15, -0.1) is 0 Å². The fourth-order valence-corrected chi connectivity index (χ4v) is 2.03. The molecule has 0 amide bonds. The molecule has 0 aromatic carbocycles. The van der Waals surface area contributed by atoms with E-state index in [2.05, 4.69) is 11.1 Å². The molecule has 1 saturated carbocycles. The van der Waals surface area contributed by atoms with E-state index in [1.165, 1.54) is 6.92 Å². The fourth-order valence-electron chi connectivity index (χ4n) is 2.03. The third kappa shape index (κ3) is 4.40. The Balaban J connectivity index is 2.69. The van der Waals surface area contributed by atoms with Crippen LogP contribution in [0.1, 0.15) is 32.6 Å². The van der Waals surface area contributed by atoms with E-state index in [0.717, 1.165) is 25.3 Å². The average Bonchev–Trinajstić information content (AvgIpc) is 2.27. The van der Waals surface area contributed by atoms with Gasteiger partial charge in [0.2, 0.25) is 0 Å². The predicted octanol–water partition coefficient (Wildman–Crippen LogP) is 2.93. The molecule has 6 heteroatoms. The van der Waals surface area contributed by atoms with Crippen LogP contribution in [0.2, 0.25) is 0 Å². The first-order chi connectivity index (χ1) is 8.32. The largest absolute Gasteiger partial charge is 0.430 e. The summed E-state index contributed by atoms with van der Waals surface area (Å²) >= 11 is 0. The summed E-state index contributed by atoms with van der Waals surface area (Å²) in [5.41, 5.74) is 4.03. The number of nitrogens with zero attached hydrogens (tertiary/aromatic N) is 2. The number of hydrogen-bond donors (Lipinski definition) is 1. The zero-order valence-corrected chi connectivity index (χ0v) is 10.2. The second-order valence-corrected chi connectivity index (χ2v) is 4.51. The van der Waals surface area contributed by atoms with Crippen molar-refractivity contribution in [2.75, 3.05) is 0 Å². The van der Waals surface area contributed by atoms with E-state index in [4.69, 9.17) is 11.0 Å². The Bertz CT molecular complexity index is 390. The number of nitriles is 1. The summed E-state index contributed by atoms with van der Waals surface area (Å²) in [7, 11) is 0. The lowest BCUT2D eigenvalue weighted by Crippen LogP contribution is -2.21. The molecule has 2 N–H and O–H groups in total. The monoisotopic (exact) mass is 259 g/mol. The Morgan fingerprint density at radius 1 is 1.44 bits per heavy atom. The van der Waals surface area contributed by atoms with Gasteiger partial charge in [0.1, 0.15) is 5.70 Å². The molecule has 1 aliphatic rings. The number of allylic oxidation sites excluding steroid dienone is 2. The minimum Gasteiger partial charge on any atom is -0.395 e. The Kier molecular flexibility index (Phi) is 4.76. The summed E-state index contributed by atoms with van der Waals surface area (Å²) in [6.45, 7) is 1.49. The molecule has 0 heterocycles. The molecule has 1 aliphatic carbocycles. The van der Waals surface area contributed by atoms with E-state index >= 15 is 0 Å². The van der Waals surface area contributed by atoms with E-state index in [9.17, 15) is 13.2 Å². The fraction of sp³-hybridized carbons (Fsp3) is 0.667. The smallest absolute Gasteiger partial charge is 0.395 e. The standard InChI is InChI=1S/C12H16F3N3/c1-8(5-11(17)12(13,14)15)18-10-4-2-3-9(6-10)7-16/h5,9-10H,2-4,6,17H2,1H3. The Labute approximate surface area is 104 Å². The van der Waals surface area contributed by atoms with Gasteiger partial charge in [0, 0.05) is 11.6 Å². The summed E-state index contributed by atoms with van der Waals surface area (Å²) in [5.74, 6) is -0.0377. The Morgan fingerprint density at radius 3 is 2.67 bits per heavy atom. The van der Waals surface area contributed by atoms with Gasteiger partial charge in [0.15, 0.2) is 0 Å². The van der Waals surface area contributed by atoms with Crippen LogP contribution in [-0.2, 0) is 0 Å². The van der Waals surface area contributed by atoms with Crippen LogP contribution in [0.15, 0.2) is 16.8 Å². The van der Waals surface area contributed by atoms with E-state index in [1.54, 1.807) is 0 Å². The van der Waals surface area contributed by atoms with Gasteiger partial charge >= 0.3 is 6.18 Å². The van der Waals surface area contributed by atoms with Crippen molar-refractivity contribution in [1.82, 2.24) is 0 Å². The van der Waals surface area contributed by atoms with Gasteiger partial charge in [-0.2, -0.15) is 18.4 Å². The molecule has 1 rings (SSSR count). The quantitative estimate of drug-likeness (QED) is 0.775. The molecule has 1 fully saturated rings. The molecule has 0 saturated heterocycles. The number of halogens is 3. The van der Waals surface area contributed by atoms with Crippen molar-refractivity contribution in [3.63, 3.8) is 0 Å². The molecule has 3 nitrogen and oxygen atoms in total. The molecule has 0 aliphatic heterocycles. The predicted molar refractivity (Wildman–Crippen MR) is 62.8 cm³/mol. The lowest BCUT2D eigenvalue weighted by molar-refractivity contribution is -0.0925. The molecule has 0 radical (unpaired) electrons. The maximum atomic E-state index is 12.2. The summed E-state index contributed by atoms with van der Waals surface area (Å²) in [6, 6.07) is 2.11. The first-order valence-corrected chi connectivity index (χ1v) is 5.81. The normalized spacial score (nSPS) is 26.8. The first kappa shape index (κ1) is 14.6. The number of aliphatic imine (C=N–C) groups is 1. The zero-order valence-electron chi connectivity index (χ0n) is 10.2. The molecular formula is C12H16F3N3. The summed E-state index contributed by atoms with van der Waals surface area (Å²) in [6.07, 6.45) is -0.502. The molecule has 2 atom stereocenters. The molecular weight excluding hydrogens is 243 g/mol. The molecule has 0 bridgehead atoms. The summed E-state index contributed by atoms with van der Waals surface area (Å²) in [5, 5.41) is 8.82. The highest BCUT2D eigenvalue weighted by Gasteiger charge is 2.31. The van der Waals surface area contributed by atoms with Gasteiger partial charge in [-0.3, -0.25) is 4.99 Å². The summed E-state index contributed by atoms with van der Waals surface area (Å²) in [4.78, 5) is 4.20. The molecule has 100 valence electrons. The van der Waals surface area contributed by atoms with Crippen LogP contribution in [-0.4, -0.2) is 17.9 Å². The van der Waals surface area contributed by atoms with Crippen molar-refractivity contribution in [2.24, 2.45) is 16.6 Å². The van der Waals surface area contributed by atoms with E-state index in [1.807, 2.05) is 0 Å². The van der Waals surface area contributed by atoms with Gasteiger partial charge < -0.3 is 5.73 Å². The number of nitrogens with two attached hydrogens (primary N) is 1. The van der Waals surface area contributed by atoms with Gasteiger partial charge in [0.25, 0.3) is 0 Å². The van der Waals surface area contributed by atoms with Crippen LogP contribution in [0.5, 0.6) is 0 Å². The van der Waals surface area contributed by atoms with E-state index < -0.39 is 11.9 Å². The topological polar surface area (TPSA) is 62.2 Å². The minimum absolute atomic E-state index is 0.0377.